The van der Waals surface area contributed by atoms with Crippen LogP contribution in [-0.2, 0) is 4.79 Å². The fourth-order valence-electron chi connectivity index (χ4n) is 2.15. The summed E-state index contributed by atoms with van der Waals surface area (Å²) in [7, 11) is 0. The van der Waals surface area contributed by atoms with E-state index in [0.717, 1.165) is 12.8 Å². The minimum atomic E-state index is -0.744. The molecule has 5 heteroatoms. The van der Waals surface area contributed by atoms with Gasteiger partial charge in [-0.3, -0.25) is 4.79 Å². The number of carboxylic acids is 1. The van der Waals surface area contributed by atoms with Gasteiger partial charge in [0.1, 0.15) is 0 Å². The van der Waals surface area contributed by atoms with E-state index < -0.39 is 5.97 Å². The molecule has 0 aliphatic carbocycles. The number of nitrogens with one attached hydrogen (secondary N) is 1. The molecule has 0 unspecified atom stereocenters. The van der Waals surface area contributed by atoms with Gasteiger partial charge in [-0.2, -0.15) is 0 Å². The number of carboxylic acid groups (broad SMARTS) is 1. The number of carbonyl (C=O) groups is 2. The van der Waals surface area contributed by atoms with Crippen LogP contribution in [0.5, 0.6) is 0 Å². The lowest BCUT2D eigenvalue weighted by atomic mass is 9.97. The highest BCUT2D eigenvalue weighted by Gasteiger charge is 2.26. The summed E-state index contributed by atoms with van der Waals surface area (Å²) in [6.07, 6.45) is 3.24. The van der Waals surface area contributed by atoms with Crippen molar-refractivity contribution in [1.29, 1.82) is 0 Å². The molecule has 1 heterocycles. The van der Waals surface area contributed by atoms with E-state index in [1.165, 1.54) is 0 Å². The van der Waals surface area contributed by atoms with Crippen molar-refractivity contribution in [1.82, 2.24) is 10.2 Å². The molecule has 1 fully saturated rings. The number of aliphatic carboxylic acids is 1. The fraction of sp³-hybridized carbons (Fsp3) is 0.846. The molecule has 5 nitrogen and oxygen atoms in total. The molecular weight excluding hydrogens is 232 g/mol. The average molecular weight is 256 g/mol. The smallest absolute Gasteiger partial charge is 0.317 e. The summed E-state index contributed by atoms with van der Waals surface area (Å²) in [4.78, 5) is 24.3. The van der Waals surface area contributed by atoms with Gasteiger partial charge in [-0.1, -0.05) is 13.8 Å². The van der Waals surface area contributed by atoms with E-state index in [0.29, 0.717) is 38.4 Å². The normalized spacial score (nSPS) is 16.9. The molecule has 1 saturated heterocycles. The molecule has 0 atom stereocenters. The number of urea groups is 1. The predicted octanol–water partition coefficient (Wildman–Crippen LogP) is 1.93. The second-order valence-corrected chi connectivity index (χ2v) is 5.37. The minimum absolute atomic E-state index is 0.0532. The van der Waals surface area contributed by atoms with E-state index >= 15 is 0 Å². The van der Waals surface area contributed by atoms with Gasteiger partial charge in [0.15, 0.2) is 0 Å². The van der Waals surface area contributed by atoms with Gasteiger partial charge in [-0.05, 0) is 31.6 Å². The van der Waals surface area contributed by atoms with Crippen LogP contribution in [0, 0.1) is 11.8 Å². The molecule has 0 saturated carbocycles. The van der Waals surface area contributed by atoms with Gasteiger partial charge in [0.2, 0.25) is 0 Å². The lowest BCUT2D eigenvalue weighted by molar-refractivity contribution is -0.143. The Kier molecular flexibility index (Phi) is 5.95. The Bertz CT molecular complexity index is 284. The number of likely N-dealkylation sites (tertiary alicyclic amines) is 1. The molecule has 0 spiro atoms. The Labute approximate surface area is 109 Å². The number of rotatable bonds is 5. The molecule has 0 aromatic rings. The molecule has 18 heavy (non-hydrogen) atoms. The van der Waals surface area contributed by atoms with Gasteiger partial charge in [0.05, 0.1) is 5.92 Å². The molecule has 1 aliphatic rings. The zero-order valence-electron chi connectivity index (χ0n) is 11.3. The molecule has 1 rings (SSSR count). The molecule has 1 aliphatic heterocycles. The molecule has 2 N–H and O–H groups in total. The number of nitrogens with zero attached hydrogens (tertiary/aromatic N) is 1. The van der Waals surface area contributed by atoms with Crippen LogP contribution in [0.3, 0.4) is 0 Å². The summed E-state index contributed by atoms with van der Waals surface area (Å²) < 4.78 is 0. The Morgan fingerprint density at radius 1 is 1.33 bits per heavy atom. The van der Waals surface area contributed by atoms with Gasteiger partial charge >= 0.3 is 12.0 Å². The zero-order valence-corrected chi connectivity index (χ0v) is 11.3. The van der Waals surface area contributed by atoms with Crippen LogP contribution in [0.2, 0.25) is 0 Å². The van der Waals surface area contributed by atoms with Crippen molar-refractivity contribution in [2.24, 2.45) is 11.8 Å². The standard InChI is InChI=1S/C13H24N2O3/c1-10(2)4-3-7-14-13(18)15-8-5-11(6-9-15)12(16)17/h10-11H,3-9H2,1-2H3,(H,14,18)(H,16,17). The highest BCUT2D eigenvalue weighted by Crippen LogP contribution is 2.17. The molecule has 0 radical (unpaired) electrons. The zero-order chi connectivity index (χ0) is 13.5. The molecule has 0 aromatic carbocycles. The minimum Gasteiger partial charge on any atom is -0.481 e. The van der Waals surface area contributed by atoms with Crippen molar-refractivity contribution >= 4 is 12.0 Å². The van der Waals surface area contributed by atoms with E-state index in [2.05, 4.69) is 19.2 Å². The molecule has 104 valence electrons. The van der Waals surface area contributed by atoms with E-state index in [1.807, 2.05) is 0 Å². The Morgan fingerprint density at radius 3 is 2.44 bits per heavy atom. The number of hydrogen-bond donors (Lipinski definition) is 2. The highest BCUT2D eigenvalue weighted by atomic mass is 16.4. The SMILES string of the molecule is CC(C)CCCNC(=O)N1CCC(C(=O)O)CC1. The highest BCUT2D eigenvalue weighted by molar-refractivity contribution is 5.75. The summed E-state index contributed by atoms with van der Waals surface area (Å²) >= 11 is 0. The number of piperidine rings is 1. The van der Waals surface area contributed by atoms with Crippen molar-refractivity contribution in [3.8, 4) is 0 Å². The largest absolute Gasteiger partial charge is 0.481 e. The van der Waals surface area contributed by atoms with Crippen LogP contribution in [0.1, 0.15) is 39.5 Å². The topological polar surface area (TPSA) is 69.6 Å². The van der Waals surface area contributed by atoms with Crippen molar-refractivity contribution in [2.75, 3.05) is 19.6 Å². The van der Waals surface area contributed by atoms with E-state index in [4.69, 9.17) is 5.11 Å². The maximum absolute atomic E-state index is 11.8. The fourth-order valence-corrected chi connectivity index (χ4v) is 2.15. The van der Waals surface area contributed by atoms with Crippen LogP contribution >= 0.6 is 0 Å². The first kappa shape index (κ1) is 14.8. The van der Waals surface area contributed by atoms with Crippen LogP contribution < -0.4 is 5.32 Å². The van der Waals surface area contributed by atoms with E-state index in [1.54, 1.807) is 4.90 Å². The number of carbonyl (C=O) groups excluding carboxylic acids is 1. The third-order valence-electron chi connectivity index (χ3n) is 3.37. The first-order chi connectivity index (χ1) is 8.50. The first-order valence-electron chi connectivity index (χ1n) is 6.76. The Hall–Kier alpha value is -1.26. The van der Waals surface area contributed by atoms with Gasteiger partial charge in [0, 0.05) is 19.6 Å². The molecule has 0 bridgehead atoms. The number of amides is 2. The predicted molar refractivity (Wildman–Crippen MR) is 69.4 cm³/mol. The van der Waals surface area contributed by atoms with E-state index in [-0.39, 0.29) is 11.9 Å². The van der Waals surface area contributed by atoms with Crippen LogP contribution in [0.15, 0.2) is 0 Å². The van der Waals surface area contributed by atoms with Crippen molar-refractivity contribution < 1.29 is 14.7 Å². The lowest BCUT2D eigenvalue weighted by Crippen LogP contribution is -2.45. The molecule has 2 amide bonds. The van der Waals surface area contributed by atoms with Crippen molar-refractivity contribution in [2.45, 2.75) is 39.5 Å². The van der Waals surface area contributed by atoms with Crippen molar-refractivity contribution in [3.63, 3.8) is 0 Å². The first-order valence-corrected chi connectivity index (χ1v) is 6.76. The van der Waals surface area contributed by atoms with Crippen LogP contribution in [0.4, 0.5) is 4.79 Å². The molecule has 0 aromatic heterocycles. The second-order valence-electron chi connectivity index (χ2n) is 5.37. The quantitative estimate of drug-likeness (QED) is 0.738. The van der Waals surface area contributed by atoms with Gasteiger partial charge < -0.3 is 15.3 Å². The lowest BCUT2D eigenvalue weighted by Gasteiger charge is -2.30. The Morgan fingerprint density at radius 2 is 1.94 bits per heavy atom. The van der Waals surface area contributed by atoms with Crippen LogP contribution in [-0.4, -0.2) is 41.6 Å². The average Bonchev–Trinajstić information content (AvgIpc) is 2.34. The molecular formula is C13H24N2O3. The van der Waals surface area contributed by atoms with E-state index in [9.17, 15) is 9.59 Å². The maximum Gasteiger partial charge on any atom is 0.317 e. The summed E-state index contributed by atoms with van der Waals surface area (Å²) in [5, 5.41) is 11.8. The number of hydrogen-bond acceptors (Lipinski definition) is 2. The third kappa shape index (κ3) is 4.94. The van der Waals surface area contributed by atoms with Crippen LogP contribution in [0.25, 0.3) is 0 Å². The summed E-state index contributed by atoms with van der Waals surface area (Å²) in [5.41, 5.74) is 0. The monoisotopic (exact) mass is 256 g/mol. The van der Waals surface area contributed by atoms with Gasteiger partial charge in [0.25, 0.3) is 0 Å². The Balaban J connectivity index is 2.18. The second kappa shape index (κ2) is 7.24. The van der Waals surface area contributed by atoms with Gasteiger partial charge in [-0.25, -0.2) is 4.79 Å². The van der Waals surface area contributed by atoms with Crippen molar-refractivity contribution in [3.05, 3.63) is 0 Å². The van der Waals surface area contributed by atoms with Gasteiger partial charge in [-0.15, -0.1) is 0 Å². The third-order valence-corrected chi connectivity index (χ3v) is 3.37. The summed E-state index contributed by atoms with van der Waals surface area (Å²) in [5.74, 6) is -0.366. The summed E-state index contributed by atoms with van der Waals surface area (Å²) in [6, 6.07) is -0.0532. The summed E-state index contributed by atoms with van der Waals surface area (Å²) in [6.45, 7) is 6.13. The maximum atomic E-state index is 11.8.